The Labute approximate surface area is 248 Å². The number of benzene rings is 2. The van der Waals surface area contributed by atoms with E-state index < -0.39 is 17.7 Å². The number of carboxylic acid groups (broad SMARTS) is 1. The molecule has 0 bridgehead atoms. The number of nitrogens with zero attached hydrogens (tertiary/aromatic N) is 2. The molecule has 1 fully saturated rings. The number of aryl methyl sites for hydroxylation is 1. The van der Waals surface area contributed by atoms with Gasteiger partial charge in [0.2, 0.25) is 5.88 Å². The lowest BCUT2D eigenvalue weighted by molar-refractivity contribution is -0.311. The summed E-state index contributed by atoms with van der Waals surface area (Å²) in [5, 5.41) is 11.8. The predicted molar refractivity (Wildman–Crippen MR) is 160 cm³/mol. The molecule has 3 atom stereocenters. The molecule has 0 unspecified atom stereocenters. The van der Waals surface area contributed by atoms with Crippen LogP contribution in [0, 0.1) is 17.7 Å². The lowest BCUT2D eigenvalue weighted by Gasteiger charge is -2.32. The summed E-state index contributed by atoms with van der Waals surface area (Å²) in [7, 11) is 1.53. The van der Waals surface area contributed by atoms with E-state index in [0.717, 1.165) is 59.3 Å². The Morgan fingerprint density at radius 3 is 2.43 bits per heavy atom. The molecule has 2 heterocycles. The maximum absolute atomic E-state index is 15.1. The van der Waals surface area contributed by atoms with Crippen molar-refractivity contribution < 1.29 is 23.8 Å². The number of hydrogen-bond acceptors (Lipinski definition) is 6. The molecular weight excluding hydrogens is 531 g/mol. The summed E-state index contributed by atoms with van der Waals surface area (Å²) in [5.74, 6) is -0.453. The molecule has 0 saturated heterocycles. The van der Waals surface area contributed by atoms with Crippen molar-refractivity contribution in [3.05, 3.63) is 76.7 Å². The number of ether oxygens (including phenoxy) is 2. The van der Waals surface area contributed by atoms with Crippen LogP contribution in [0.5, 0.6) is 11.6 Å². The van der Waals surface area contributed by atoms with Crippen molar-refractivity contribution in [2.75, 3.05) is 7.11 Å². The van der Waals surface area contributed by atoms with Gasteiger partial charge in [-0.05, 0) is 99.1 Å². The van der Waals surface area contributed by atoms with Gasteiger partial charge in [0.25, 0.3) is 0 Å². The molecule has 2 aliphatic rings. The second kappa shape index (κ2) is 12.4. The monoisotopic (exact) mass is 573 g/mol. The first-order valence-corrected chi connectivity index (χ1v) is 15.2. The van der Waals surface area contributed by atoms with Crippen LogP contribution in [0.4, 0.5) is 4.39 Å². The molecular formula is C35H42FN2O4-. The van der Waals surface area contributed by atoms with Crippen molar-refractivity contribution in [3.63, 3.8) is 0 Å². The van der Waals surface area contributed by atoms with Gasteiger partial charge in [0.05, 0.1) is 13.3 Å². The van der Waals surface area contributed by atoms with Crippen molar-refractivity contribution in [1.29, 1.82) is 0 Å². The number of halogens is 1. The van der Waals surface area contributed by atoms with Crippen LogP contribution in [0.25, 0.3) is 11.1 Å². The van der Waals surface area contributed by atoms with Gasteiger partial charge in [-0.25, -0.2) is 9.37 Å². The highest BCUT2D eigenvalue weighted by Crippen LogP contribution is 2.48. The maximum Gasteiger partial charge on any atom is 0.213 e. The average Bonchev–Trinajstić information content (AvgIpc) is 3.80. The van der Waals surface area contributed by atoms with E-state index in [1.54, 1.807) is 13.0 Å². The fourth-order valence-corrected chi connectivity index (χ4v) is 6.50. The van der Waals surface area contributed by atoms with Crippen LogP contribution in [-0.4, -0.2) is 35.0 Å². The Bertz CT molecular complexity index is 1430. The molecule has 1 saturated carbocycles. The van der Waals surface area contributed by atoms with Gasteiger partial charge in [0.1, 0.15) is 17.7 Å². The third kappa shape index (κ3) is 6.31. The lowest BCUT2D eigenvalue weighted by atomic mass is 9.82. The van der Waals surface area contributed by atoms with Gasteiger partial charge in [0, 0.05) is 42.1 Å². The molecule has 0 spiro atoms. The number of fused-ring (bicyclic) bond motifs is 1. The van der Waals surface area contributed by atoms with Crippen LogP contribution in [0.1, 0.15) is 88.2 Å². The Morgan fingerprint density at radius 1 is 1.05 bits per heavy atom. The molecule has 6 nitrogen and oxygen atoms in total. The highest BCUT2D eigenvalue weighted by molar-refractivity contribution is 5.70. The number of aliphatic carboxylic acids is 1. The topological polar surface area (TPSA) is 74.7 Å². The van der Waals surface area contributed by atoms with Crippen LogP contribution in [-0.2, 0) is 17.8 Å². The molecule has 0 radical (unpaired) electrons. The summed E-state index contributed by atoms with van der Waals surface area (Å²) < 4.78 is 27.1. The van der Waals surface area contributed by atoms with Gasteiger partial charge >= 0.3 is 0 Å². The molecule has 224 valence electrons. The van der Waals surface area contributed by atoms with Crippen molar-refractivity contribution in [2.24, 2.45) is 11.8 Å². The molecule has 2 aromatic carbocycles. The minimum Gasteiger partial charge on any atom is -0.550 e. The molecule has 1 aromatic heterocycles. The summed E-state index contributed by atoms with van der Waals surface area (Å²) >= 11 is 0. The standard InChI is InChI=1S/C35H43FN2O4/c1-20(2)38(21(3)4)19-27-15-25(11-13-28(27)29-17-33(41-6)37-18-30(29)36)31-14-12-23-7-10-26(16-32(23)42-31)34(24-8-9-24)22(5)35(39)40/h7,10-11,13,15-18,20-22,24,31,34H,8-9,12,14,19H2,1-6H3,(H,39,40)/p-1/t22-,31-,34-/m0/s1. The largest absolute Gasteiger partial charge is 0.550 e. The third-order valence-corrected chi connectivity index (χ3v) is 8.97. The fraction of sp³-hybridized carbons (Fsp3) is 0.486. The Morgan fingerprint density at radius 2 is 1.79 bits per heavy atom. The lowest BCUT2D eigenvalue weighted by Crippen LogP contribution is -2.36. The van der Waals surface area contributed by atoms with Crippen molar-refractivity contribution >= 4 is 5.97 Å². The number of carbonyl (C=O) groups excluding carboxylic acids is 1. The predicted octanol–water partition coefficient (Wildman–Crippen LogP) is 6.46. The number of methoxy groups -OCH3 is 1. The molecule has 42 heavy (non-hydrogen) atoms. The van der Waals surface area contributed by atoms with E-state index in [4.69, 9.17) is 9.47 Å². The SMILES string of the molecule is COc1cc(-c2ccc([C@@H]3CCc4ccc([C@H](C5CC5)[C@H](C)C(=O)[O-])cc4O3)cc2CN(C(C)C)C(C)C)c(F)cn1. The summed E-state index contributed by atoms with van der Waals surface area (Å²) in [4.78, 5) is 18.2. The highest BCUT2D eigenvalue weighted by Gasteiger charge is 2.37. The van der Waals surface area contributed by atoms with Crippen LogP contribution in [0.2, 0.25) is 0 Å². The van der Waals surface area contributed by atoms with Gasteiger partial charge < -0.3 is 19.4 Å². The zero-order valence-corrected chi connectivity index (χ0v) is 25.5. The Hall–Kier alpha value is -3.45. The van der Waals surface area contributed by atoms with Crippen molar-refractivity contribution in [3.8, 4) is 22.8 Å². The summed E-state index contributed by atoms with van der Waals surface area (Å²) in [5.41, 5.74) is 5.48. The van der Waals surface area contributed by atoms with Crippen LogP contribution >= 0.6 is 0 Å². The number of hydrogen-bond donors (Lipinski definition) is 0. The average molecular weight is 574 g/mol. The van der Waals surface area contributed by atoms with E-state index >= 15 is 4.39 Å². The van der Waals surface area contributed by atoms with E-state index in [1.165, 1.54) is 13.3 Å². The highest BCUT2D eigenvalue weighted by atomic mass is 19.1. The number of carbonyl (C=O) groups is 1. The quantitative estimate of drug-likeness (QED) is 0.262. The fourth-order valence-electron chi connectivity index (χ4n) is 6.50. The first-order chi connectivity index (χ1) is 20.1. The number of carboxylic acids is 1. The van der Waals surface area contributed by atoms with Crippen molar-refractivity contribution in [2.45, 2.75) is 91.0 Å². The molecule has 3 aromatic rings. The Balaban J connectivity index is 1.50. The number of pyridine rings is 1. The van der Waals surface area contributed by atoms with E-state index in [2.05, 4.69) is 61.8 Å². The van der Waals surface area contributed by atoms with Crippen LogP contribution < -0.4 is 14.6 Å². The maximum atomic E-state index is 15.1. The van der Waals surface area contributed by atoms with Gasteiger partial charge in [-0.3, -0.25) is 4.90 Å². The van der Waals surface area contributed by atoms with Crippen LogP contribution in [0.15, 0.2) is 48.7 Å². The number of aromatic nitrogens is 1. The van der Waals surface area contributed by atoms with Gasteiger partial charge in [0.15, 0.2) is 0 Å². The molecule has 7 heteroatoms. The summed E-state index contributed by atoms with van der Waals surface area (Å²) in [6.45, 7) is 11.1. The Kier molecular flexibility index (Phi) is 8.88. The second-order valence-electron chi connectivity index (χ2n) is 12.5. The molecule has 1 aliphatic heterocycles. The summed E-state index contributed by atoms with van der Waals surface area (Å²) in [6, 6.07) is 14.7. The van der Waals surface area contributed by atoms with Gasteiger partial charge in [-0.1, -0.05) is 37.3 Å². The number of rotatable bonds is 11. The van der Waals surface area contributed by atoms with Crippen molar-refractivity contribution in [1.82, 2.24) is 9.88 Å². The third-order valence-electron chi connectivity index (χ3n) is 8.97. The van der Waals surface area contributed by atoms with Crippen LogP contribution in [0.3, 0.4) is 0 Å². The van der Waals surface area contributed by atoms with Gasteiger partial charge in [-0.15, -0.1) is 0 Å². The molecule has 5 rings (SSSR count). The minimum absolute atomic E-state index is 0.0690. The first-order valence-electron chi connectivity index (χ1n) is 15.2. The summed E-state index contributed by atoms with van der Waals surface area (Å²) in [6.07, 6.45) is 4.83. The zero-order chi connectivity index (χ0) is 30.1. The van der Waals surface area contributed by atoms with E-state index in [1.807, 2.05) is 12.1 Å². The minimum atomic E-state index is -1.00. The molecule has 1 aliphatic carbocycles. The smallest absolute Gasteiger partial charge is 0.213 e. The van der Waals surface area contributed by atoms with E-state index in [0.29, 0.717) is 36.0 Å². The van der Waals surface area contributed by atoms with E-state index in [9.17, 15) is 9.90 Å². The normalized spacial score (nSPS) is 18.1. The zero-order valence-electron chi connectivity index (χ0n) is 25.5. The molecule has 0 amide bonds. The van der Waals surface area contributed by atoms with E-state index in [-0.39, 0.29) is 12.0 Å². The molecule has 0 N–H and O–H groups in total. The second-order valence-corrected chi connectivity index (χ2v) is 12.5. The first kappa shape index (κ1) is 30.0. The van der Waals surface area contributed by atoms with Gasteiger partial charge in [-0.2, -0.15) is 0 Å².